The zero-order valence-corrected chi connectivity index (χ0v) is 15.0. The van der Waals surface area contributed by atoms with Crippen molar-refractivity contribution in [1.82, 2.24) is 24.6 Å². The highest BCUT2D eigenvalue weighted by Gasteiger charge is 2.22. The highest BCUT2D eigenvalue weighted by Crippen LogP contribution is 2.19. The molecule has 0 N–H and O–H groups in total. The van der Waals surface area contributed by atoms with Crippen LogP contribution in [0.1, 0.15) is 30.9 Å². The van der Waals surface area contributed by atoms with Gasteiger partial charge in [0.05, 0.1) is 12.1 Å². The van der Waals surface area contributed by atoms with Gasteiger partial charge in [-0.3, -0.25) is 4.79 Å². The third-order valence-corrected chi connectivity index (χ3v) is 4.51. The molecule has 0 bridgehead atoms. The maximum absolute atomic E-state index is 12.2. The van der Waals surface area contributed by atoms with Crippen LogP contribution < -0.4 is 0 Å². The Hall–Kier alpha value is -2.45. The van der Waals surface area contributed by atoms with E-state index in [1.807, 2.05) is 30.7 Å². The summed E-state index contributed by atoms with van der Waals surface area (Å²) in [4.78, 5) is 20.1. The van der Waals surface area contributed by atoms with Gasteiger partial charge in [0.2, 0.25) is 5.91 Å². The fraction of sp³-hybridized carbons (Fsp3) is 0.706. The maximum atomic E-state index is 12.2. The molecule has 1 aromatic heterocycles. The van der Waals surface area contributed by atoms with E-state index >= 15 is 0 Å². The first-order valence-corrected chi connectivity index (χ1v) is 8.65. The van der Waals surface area contributed by atoms with Gasteiger partial charge in [-0.25, -0.2) is 9.67 Å². The van der Waals surface area contributed by atoms with Crippen molar-refractivity contribution in [2.75, 3.05) is 32.7 Å². The first-order valence-electron chi connectivity index (χ1n) is 8.65. The van der Waals surface area contributed by atoms with Gasteiger partial charge in [-0.05, 0) is 39.2 Å². The summed E-state index contributed by atoms with van der Waals surface area (Å²) < 4.78 is 1.97. The Morgan fingerprint density at radius 2 is 2.04 bits per heavy atom. The molecule has 134 valence electrons. The molecule has 0 aromatic carbocycles. The SMILES string of the molecule is Cc1nc(C)n(C[C@H]2CCCN(CCC(=O)N(CC#N)CC#N)C2)n1. The number of piperidine rings is 1. The molecule has 8 nitrogen and oxygen atoms in total. The number of carbonyl (C=O) groups is 1. The molecule has 0 saturated carbocycles. The Kier molecular flexibility index (Phi) is 6.91. The number of nitrogens with zero attached hydrogens (tertiary/aromatic N) is 7. The summed E-state index contributed by atoms with van der Waals surface area (Å²) in [7, 11) is 0. The van der Waals surface area contributed by atoms with Gasteiger partial charge in [0.15, 0.2) is 0 Å². The van der Waals surface area contributed by atoms with Crippen LogP contribution in [-0.4, -0.2) is 63.2 Å². The van der Waals surface area contributed by atoms with Crippen LogP contribution >= 0.6 is 0 Å². The molecule has 0 aliphatic carbocycles. The zero-order valence-electron chi connectivity index (χ0n) is 15.0. The standard InChI is InChI=1S/C17H25N7O/c1-14-20-15(2)24(21-14)13-16-4-3-8-22(12-16)9-5-17(25)23(10-6-18)11-7-19/h16H,3-5,8-13H2,1-2H3/t16-/m0/s1. The highest BCUT2D eigenvalue weighted by atomic mass is 16.2. The Balaban J connectivity index is 1.83. The molecule has 1 atom stereocenters. The minimum atomic E-state index is -0.132. The quantitative estimate of drug-likeness (QED) is 0.681. The van der Waals surface area contributed by atoms with Crippen molar-refractivity contribution in [3.05, 3.63) is 11.6 Å². The lowest BCUT2D eigenvalue weighted by molar-refractivity contribution is -0.130. The Morgan fingerprint density at radius 1 is 1.32 bits per heavy atom. The van der Waals surface area contributed by atoms with Gasteiger partial charge in [0.25, 0.3) is 0 Å². The lowest BCUT2D eigenvalue weighted by atomic mass is 9.98. The Morgan fingerprint density at radius 3 is 2.64 bits per heavy atom. The molecule has 0 spiro atoms. The second-order valence-corrected chi connectivity index (χ2v) is 6.51. The smallest absolute Gasteiger partial charge is 0.225 e. The van der Waals surface area contributed by atoms with Crippen LogP contribution in [0, 0.1) is 42.4 Å². The third kappa shape index (κ3) is 5.54. The van der Waals surface area contributed by atoms with Gasteiger partial charge in [0, 0.05) is 26.1 Å². The number of rotatable bonds is 7. The van der Waals surface area contributed by atoms with E-state index in [-0.39, 0.29) is 19.0 Å². The predicted octanol–water partition coefficient (Wildman–Crippen LogP) is 0.873. The average molecular weight is 343 g/mol. The average Bonchev–Trinajstić information content (AvgIpc) is 2.90. The lowest BCUT2D eigenvalue weighted by Gasteiger charge is -2.33. The van der Waals surface area contributed by atoms with E-state index in [0.717, 1.165) is 44.1 Å². The number of nitriles is 2. The molecule has 0 radical (unpaired) electrons. The van der Waals surface area contributed by atoms with Crippen LogP contribution in [0.25, 0.3) is 0 Å². The van der Waals surface area contributed by atoms with Crippen LogP contribution in [0.5, 0.6) is 0 Å². The van der Waals surface area contributed by atoms with Gasteiger partial charge in [-0.2, -0.15) is 15.6 Å². The minimum Gasteiger partial charge on any atom is -0.316 e. The summed E-state index contributed by atoms with van der Waals surface area (Å²) in [5.41, 5.74) is 0. The fourth-order valence-corrected chi connectivity index (χ4v) is 3.30. The van der Waals surface area contributed by atoms with E-state index in [4.69, 9.17) is 10.5 Å². The number of amides is 1. The molecule has 0 unspecified atom stereocenters. The molecule has 2 rings (SSSR count). The van der Waals surface area contributed by atoms with E-state index in [1.54, 1.807) is 0 Å². The molecule has 1 saturated heterocycles. The number of aryl methyl sites for hydroxylation is 2. The van der Waals surface area contributed by atoms with Crippen molar-refractivity contribution in [2.24, 2.45) is 5.92 Å². The summed E-state index contributed by atoms with van der Waals surface area (Å²) in [6.45, 7) is 7.25. The molecule has 1 fully saturated rings. The van der Waals surface area contributed by atoms with Crippen molar-refractivity contribution in [3.8, 4) is 12.1 Å². The lowest BCUT2D eigenvalue weighted by Crippen LogP contribution is -2.40. The Bertz CT molecular complexity index is 654. The molecule has 8 heteroatoms. The normalized spacial score (nSPS) is 17.7. The maximum Gasteiger partial charge on any atom is 0.225 e. The molecule has 2 heterocycles. The number of hydrogen-bond acceptors (Lipinski definition) is 6. The molecular formula is C17H25N7O. The van der Waals surface area contributed by atoms with E-state index in [9.17, 15) is 4.79 Å². The van der Waals surface area contributed by atoms with Crippen LogP contribution in [0.4, 0.5) is 0 Å². The van der Waals surface area contributed by atoms with Gasteiger partial charge in [-0.1, -0.05) is 0 Å². The first-order chi connectivity index (χ1) is 12.0. The number of aromatic nitrogens is 3. The van der Waals surface area contributed by atoms with Crippen LogP contribution in [0.3, 0.4) is 0 Å². The number of hydrogen-bond donors (Lipinski definition) is 0. The van der Waals surface area contributed by atoms with Crippen molar-refractivity contribution in [1.29, 1.82) is 10.5 Å². The molecule has 25 heavy (non-hydrogen) atoms. The second kappa shape index (κ2) is 9.14. The molecule has 1 aromatic rings. The summed E-state index contributed by atoms with van der Waals surface area (Å²) in [6.07, 6.45) is 2.60. The number of carbonyl (C=O) groups excluding carboxylic acids is 1. The summed E-state index contributed by atoms with van der Waals surface area (Å²) in [5, 5.41) is 21.9. The minimum absolute atomic E-state index is 0.0278. The van der Waals surface area contributed by atoms with E-state index < -0.39 is 0 Å². The molecular weight excluding hydrogens is 318 g/mol. The number of likely N-dealkylation sites (tertiary alicyclic amines) is 1. The van der Waals surface area contributed by atoms with Gasteiger partial charge in [0.1, 0.15) is 24.7 Å². The first kappa shape index (κ1) is 18.9. The van der Waals surface area contributed by atoms with Crippen molar-refractivity contribution in [3.63, 3.8) is 0 Å². The largest absolute Gasteiger partial charge is 0.316 e. The van der Waals surface area contributed by atoms with Crippen molar-refractivity contribution >= 4 is 5.91 Å². The highest BCUT2D eigenvalue weighted by molar-refractivity contribution is 5.76. The topological polar surface area (TPSA) is 102 Å². The molecule has 1 aliphatic heterocycles. The van der Waals surface area contributed by atoms with Crippen LogP contribution in [0.2, 0.25) is 0 Å². The summed E-state index contributed by atoms with van der Waals surface area (Å²) in [5.74, 6) is 2.10. The van der Waals surface area contributed by atoms with E-state index in [2.05, 4.69) is 15.0 Å². The van der Waals surface area contributed by atoms with Gasteiger partial charge >= 0.3 is 0 Å². The van der Waals surface area contributed by atoms with Crippen molar-refractivity contribution < 1.29 is 4.79 Å². The third-order valence-electron chi connectivity index (χ3n) is 4.51. The van der Waals surface area contributed by atoms with E-state index in [0.29, 0.717) is 18.9 Å². The zero-order chi connectivity index (χ0) is 18.2. The van der Waals surface area contributed by atoms with Gasteiger partial charge in [-0.15, -0.1) is 0 Å². The summed E-state index contributed by atoms with van der Waals surface area (Å²) in [6, 6.07) is 3.88. The second-order valence-electron chi connectivity index (χ2n) is 6.51. The summed E-state index contributed by atoms with van der Waals surface area (Å²) >= 11 is 0. The van der Waals surface area contributed by atoms with Crippen LogP contribution in [0.15, 0.2) is 0 Å². The monoisotopic (exact) mass is 343 g/mol. The van der Waals surface area contributed by atoms with Crippen LogP contribution in [-0.2, 0) is 11.3 Å². The molecule has 1 aliphatic rings. The Labute approximate surface area is 148 Å². The predicted molar refractivity (Wildman–Crippen MR) is 91.1 cm³/mol. The molecule has 1 amide bonds. The fourth-order valence-electron chi connectivity index (χ4n) is 3.30. The van der Waals surface area contributed by atoms with Crippen molar-refractivity contribution in [2.45, 2.75) is 39.7 Å². The van der Waals surface area contributed by atoms with Gasteiger partial charge < -0.3 is 9.80 Å². The van der Waals surface area contributed by atoms with E-state index in [1.165, 1.54) is 4.90 Å².